The van der Waals surface area contributed by atoms with Gasteiger partial charge in [0.05, 0.1) is 13.2 Å². The van der Waals surface area contributed by atoms with Crippen molar-refractivity contribution in [1.82, 2.24) is 5.32 Å². The quantitative estimate of drug-likeness (QED) is 0.649. The first-order valence-corrected chi connectivity index (χ1v) is 9.82. The van der Waals surface area contributed by atoms with Crippen LogP contribution in [-0.2, 0) is 27.3 Å². The Balaban J connectivity index is 1.46. The minimum atomic E-state index is -0.387. The molecule has 6 heteroatoms. The standard InChI is InChI=1S/C23H24N2O4/c1-15(21-12-17-8-5-6-10-20(17)29-21)24-22(26)14-25-13-18-9-4-3-7-16(18)11-19(25)23(27)28-2/h3-10,12,15,19H,11,13-14H2,1-2H3,(H,24,26)/p+1/t15-,19-/m1/s1. The molecule has 3 atom stereocenters. The number of nitrogens with one attached hydrogen (secondary N) is 2. The Morgan fingerprint density at radius 2 is 1.90 bits per heavy atom. The maximum absolute atomic E-state index is 12.8. The predicted octanol–water partition coefficient (Wildman–Crippen LogP) is 1.79. The van der Waals surface area contributed by atoms with Crippen molar-refractivity contribution in [3.63, 3.8) is 0 Å². The molecule has 1 aliphatic heterocycles. The number of ether oxygens (including phenoxy) is 1. The topological polar surface area (TPSA) is 73.0 Å². The molecule has 4 rings (SSSR count). The minimum Gasteiger partial charge on any atom is -0.465 e. The van der Waals surface area contributed by atoms with Crippen molar-refractivity contribution in [2.45, 2.75) is 32.0 Å². The van der Waals surface area contributed by atoms with Crippen LogP contribution < -0.4 is 10.2 Å². The number of carbonyl (C=O) groups excluding carboxylic acids is 2. The molecule has 0 fully saturated rings. The van der Waals surface area contributed by atoms with E-state index in [1.165, 1.54) is 12.7 Å². The van der Waals surface area contributed by atoms with Crippen LogP contribution in [0.2, 0.25) is 0 Å². The Bertz CT molecular complexity index is 1010. The van der Waals surface area contributed by atoms with Gasteiger partial charge in [0.15, 0.2) is 12.6 Å². The molecule has 2 aromatic carbocycles. The lowest BCUT2D eigenvalue weighted by molar-refractivity contribution is -0.924. The van der Waals surface area contributed by atoms with Gasteiger partial charge in [-0.3, -0.25) is 4.79 Å². The van der Waals surface area contributed by atoms with Crippen molar-refractivity contribution in [2.75, 3.05) is 13.7 Å². The maximum Gasteiger partial charge on any atom is 0.365 e. The second kappa shape index (κ2) is 8.09. The first-order valence-electron chi connectivity index (χ1n) is 9.82. The third-order valence-electron chi connectivity index (χ3n) is 5.57. The maximum atomic E-state index is 12.8. The summed E-state index contributed by atoms with van der Waals surface area (Å²) in [6, 6.07) is 17.1. The van der Waals surface area contributed by atoms with Crippen molar-refractivity contribution in [3.8, 4) is 0 Å². The SMILES string of the molecule is COC(=O)[C@H]1Cc2ccccc2C[NH+]1CC(=O)N[C@H](C)c1cc2ccccc2o1. The summed E-state index contributed by atoms with van der Waals surface area (Å²) in [5.41, 5.74) is 3.11. The van der Waals surface area contributed by atoms with Crippen LogP contribution in [0.1, 0.15) is 29.9 Å². The summed E-state index contributed by atoms with van der Waals surface area (Å²) < 4.78 is 10.8. The number of esters is 1. The van der Waals surface area contributed by atoms with E-state index in [1.54, 1.807) is 0 Å². The predicted molar refractivity (Wildman–Crippen MR) is 108 cm³/mol. The summed E-state index contributed by atoms with van der Waals surface area (Å²) in [4.78, 5) is 26.0. The third-order valence-corrected chi connectivity index (χ3v) is 5.57. The average Bonchev–Trinajstić information content (AvgIpc) is 3.17. The van der Waals surface area contributed by atoms with E-state index in [-0.39, 0.29) is 30.5 Å². The number of benzene rings is 2. The van der Waals surface area contributed by atoms with E-state index in [1.807, 2.05) is 55.5 Å². The van der Waals surface area contributed by atoms with Gasteiger partial charge in [-0.2, -0.15) is 0 Å². The second-order valence-corrected chi connectivity index (χ2v) is 7.54. The monoisotopic (exact) mass is 393 g/mol. The van der Waals surface area contributed by atoms with Gasteiger partial charge in [0.25, 0.3) is 5.91 Å². The van der Waals surface area contributed by atoms with Gasteiger partial charge in [-0.15, -0.1) is 0 Å². The Labute approximate surface area is 169 Å². The number of hydrogen-bond acceptors (Lipinski definition) is 4. The lowest BCUT2D eigenvalue weighted by Crippen LogP contribution is -3.17. The normalized spacial score (nSPS) is 19.4. The van der Waals surface area contributed by atoms with E-state index in [9.17, 15) is 9.59 Å². The molecule has 0 bridgehead atoms. The number of para-hydroxylation sites is 1. The van der Waals surface area contributed by atoms with Gasteiger partial charge in [-0.1, -0.05) is 42.5 Å². The summed E-state index contributed by atoms with van der Waals surface area (Å²) in [7, 11) is 1.39. The summed E-state index contributed by atoms with van der Waals surface area (Å²) in [6.45, 7) is 2.70. The molecule has 1 aliphatic rings. The fraction of sp³-hybridized carbons (Fsp3) is 0.304. The van der Waals surface area contributed by atoms with Crippen LogP contribution in [0.3, 0.4) is 0 Å². The van der Waals surface area contributed by atoms with E-state index in [0.717, 1.165) is 21.4 Å². The van der Waals surface area contributed by atoms with Crippen LogP contribution in [-0.4, -0.2) is 31.6 Å². The van der Waals surface area contributed by atoms with Crippen molar-refractivity contribution in [3.05, 3.63) is 71.5 Å². The molecule has 0 spiro atoms. The zero-order valence-electron chi connectivity index (χ0n) is 16.6. The first-order chi connectivity index (χ1) is 14.0. The lowest BCUT2D eigenvalue weighted by Gasteiger charge is -2.31. The van der Waals surface area contributed by atoms with Crippen LogP contribution in [0.5, 0.6) is 0 Å². The summed E-state index contributed by atoms with van der Waals surface area (Å²) in [6.07, 6.45) is 0.574. The van der Waals surface area contributed by atoms with E-state index in [2.05, 4.69) is 11.4 Å². The van der Waals surface area contributed by atoms with Gasteiger partial charge in [0.1, 0.15) is 17.9 Å². The molecule has 3 aromatic rings. The molecule has 6 nitrogen and oxygen atoms in total. The van der Waals surface area contributed by atoms with Crippen LogP contribution in [0.4, 0.5) is 0 Å². The molecule has 0 radical (unpaired) electrons. The number of fused-ring (bicyclic) bond motifs is 2. The Hall–Kier alpha value is -3.12. The van der Waals surface area contributed by atoms with Crippen LogP contribution in [0.15, 0.2) is 59.0 Å². The molecule has 29 heavy (non-hydrogen) atoms. The number of methoxy groups -OCH3 is 1. The molecule has 0 saturated carbocycles. The summed E-state index contributed by atoms with van der Waals surface area (Å²) in [5.74, 6) is 0.303. The molecular formula is C23H25N2O4+. The highest BCUT2D eigenvalue weighted by molar-refractivity contribution is 5.80. The zero-order valence-corrected chi connectivity index (χ0v) is 16.6. The molecule has 0 saturated heterocycles. The van der Waals surface area contributed by atoms with Crippen molar-refractivity contribution < 1.29 is 23.6 Å². The second-order valence-electron chi connectivity index (χ2n) is 7.54. The lowest BCUT2D eigenvalue weighted by atomic mass is 9.94. The van der Waals surface area contributed by atoms with E-state index in [0.29, 0.717) is 18.7 Å². The van der Waals surface area contributed by atoms with Crippen LogP contribution in [0, 0.1) is 0 Å². The number of carbonyl (C=O) groups is 2. The largest absolute Gasteiger partial charge is 0.465 e. The molecule has 1 unspecified atom stereocenters. The third kappa shape index (κ3) is 4.03. The Kier molecular flexibility index (Phi) is 5.36. The van der Waals surface area contributed by atoms with Crippen molar-refractivity contribution >= 4 is 22.8 Å². The Morgan fingerprint density at radius 3 is 2.66 bits per heavy atom. The number of rotatable bonds is 5. The van der Waals surface area contributed by atoms with Gasteiger partial charge in [-0.25, -0.2) is 4.79 Å². The number of amides is 1. The van der Waals surface area contributed by atoms with E-state index in [4.69, 9.17) is 9.15 Å². The molecule has 150 valence electrons. The van der Waals surface area contributed by atoms with Crippen LogP contribution >= 0.6 is 0 Å². The van der Waals surface area contributed by atoms with Gasteiger partial charge in [-0.05, 0) is 24.6 Å². The van der Waals surface area contributed by atoms with E-state index < -0.39 is 0 Å². The highest BCUT2D eigenvalue weighted by Gasteiger charge is 2.37. The van der Waals surface area contributed by atoms with Gasteiger partial charge >= 0.3 is 5.97 Å². The van der Waals surface area contributed by atoms with Gasteiger partial charge < -0.3 is 19.4 Å². The highest BCUT2D eigenvalue weighted by Crippen LogP contribution is 2.23. The molecular weight excluding hydrogens is 368 g/mol. The first kappa shape index (κ1) is 19.2. The fourth-order valence-electron chi connectivity index (χ4n) is 4.02. The molecule has 1 amide bonds. The van der Waals surface area contributed by atoms with Gasteiger partial charge in [0, 0.05) is 17.4 Å². The minimum absolute atomic E-state index is 0.124. The molecule has 0 aliphatic carbocycles. The smallest absolute Gasteiger partial charge is 0.365 e. The van der Waals surface area contributed by atoms with Crippen molar-refractivity contribution in [1.29, 1.82) is 0 Å². The summed E-state index contributed by atoms with van der Waals surface area (Å²) >= 11 is 0. The van der Waals surface area contributed by atoms with E-state index >= 15 is 0 Å². The zero-order chi connectivity index (χ0) is 20.4. The molecule has 1 aromatic heterocycles. The Morgan fingerprint density at radius 1 is 1.17 bits per heavy atom. The number of furan rings is 1. The number of hydrogen-bond donors (Lipinski definition) is 2. The molecule has 2 N–H and O–H groups in total. The van der Waals surface area contributed by atoms with Crippen molar-refractivity contribution in [2.24, 2.45) is 0 Å². The molecule has 2 heterocycles. The number of quaternary nitrogens is 1. The fourth-order valence-corrected chi connectivity index (χ4v) is 4.02. The summed E-state index contributed by atoms with van der Waals surface area (Å²) in [5, 5.41) is 4.01. The van der Waals surface area contributed by atoms with Crippen LogP contribution in [0.25, 0.3) is 11.0 Å². The average molecular weight is 393 g/mol. The van der Waals surface area contributed by atoms with Gasteiger partial charge in [0.2, 0.25) is 0 Å². The highest BCUT2D eigenvalue weighted by atomic mass is 16.5.